The van der Waals surface area contributed by atoms with Crippen LogP contribution in [0.25, 0.3) is 0 Å². The average molecular weight is 161 g/mol. The lowest BCUT2D eigenvalue weighted by Gasteiger charge is -2.09. The highest BCUT2D eigenvalue weighted by Gasteiger charge is 1.93. The maximum absolute atomic E-state index is 10.1. The van der Waals surface area contributed by atoms with Crippen molar-refractivity contribution in [3.63, 3.8) is 0 Å². The first-order chi connectivity index (χ1) is 5.13. The Bertz CT molecular complexity index is 116. The molecule has 0 rings (SSSR count). The molecule has 0 radical (unpaired) electrons. The van der Waals surface area contributed by atoms with Gasteiger partial charge in [0, 0.05) is 13.1 Å². The van der Waals surface area contributed by atoms with Crippen LogP contribution in [0.15, 0.2) is 0 Å². The molecule has 0 aromatic rings. The van der Waals surface area contributed by atoms with Crippen molar-refractivity contribution in [1.29, 1.82) is 0 Å². The number of likely N-dealkylation sites (N-methyl/N-ethyl adjacent to an activating group) is 1. The van der Waals surface area contributed by atoms with Crippen molar-refractivity contribution < 1.29 is 9.63 Å². The number of amides is 1. The molecule has 0 fully saturated rings. The van der Waals surface area contributed by atoms with E-state index >= 15 is 0 Å². The number of hydroxylamine groups is 1. The molecule has 0 aliphatic rings. The maximum atomic E-state index is 10.1. The molecule has 0 heterocycles. The topological polar surface area (TPSA) is 67.6 Å². The van der Waals surface area contributed by atoms with E-state index < -0.39 is 5.91 Å². The molecule has 0 aliphatic heterocycles. The van der Waals surface area contributed by atoms with Gasteiger partial charge < -0.3 is 10.6 Å². The van der Waals surface area contributed by atoms with E-state index in [-0.39, 0.29) is 6.61 Å². The third-order valence-corrected chi connectivity index (χ3v) is 0.978. The molecule has 0 unspecified atom stereocenters. The van der Waals surface area contributed by atoms with Gasteiger partial charge in [0.15, 0.2) is 0 Å². The van der Waals surface area contributed by atoms with Gasteiger partial charge in [-0.3, -0.25) is 9.63 Å². The molecule has 5 heteroatoms. The highest BCUT2D eigenvalue weighted by molar-refractivity contribution is 5.74. The fourth-order valence-electron chi connectivity index (χ4n) is 0.464. The Labute approximate surface area is 66.4 Å². The van der Waals surface area contributed by atoms with Crippen molar-refractivity contribution in [1.82, 2.24) is 10.4 Å². The van der Waals surface area contributed by atoms with E-state index in [0.717, 1.165) is 6.54 Å². The molecule has 0 atom stereocenters. The number of carbonyl (C=O) groups is 1. The standard InChI is InChI=1S/C6H15N3O2/c1-9(2)4-3-8-11-5-6(7)10/h8H,3-5H2,1-2H3,(H2,7,10). The van der Waals surface area contributed by atoms with Crippen LogP contribution in [0.3, 0.4) is 0 Å². The summed E-state index contributed by atoms with van der Waals surface area (Å²) in [5.74, 6) is -0.470. The molecule has 0 aromatic heterocycles. The first-order valence-corrected chi connectivity index (χ1v) is 3.40. The van der Waals surface area contributed by atoms with Crippen LogP contribution in [0.1, 0.15) is 0 Å². The number of nitrogens with one attached hydrogen (secondary N) is 1. The number of hydrogen-bond acceptors (Lipinski definition) is 4. The Balaban J connectivity index is 2.97. The fourth-order valence-corrected chi connectivity index (χ4v) is 0.464. The van der Waals surface area contributed by atoms with Gasteiger partial charge in [-0.05, 0) is 14.1 Å². The van der Waals surface area contributed by atoms with E-state index in [4.69, 9.17) is 10.6 Å². The van der Waals surface area contributed by atoms with E-state index in [1.54, 1.807) is 0 Å². The van der Waals surface area contributed by atoms with Crippen LogP contribution in [0.4, 0.5) is 0 Å². The average Bonchev–Trinajstić information content (AvgIpc) is 1.85. The largest absolute Gasteiger partial charge is 0.368 e. The molecular weight excluding hydrogens is 146 g/mol. The van der Waals surface area contributed by atoms with Crippen molar-refractivity contribution in [2.24, 2.45) is 5.73 Å². The van der Waals surface area contributed by atoms with Crippen LogP contribution >= 0.6 is 0 Å². The zero-order valence-corrected chi connectivity index (χ0v) is 6.96. The first-order valence-electron chi connectivity index (χ1n) is 3.40. The maximum Gasteiger partial charge on any atom is 0.245 e. The molecule has 1 amide bonds. The van der Waals surface area contributed by atoms with Gasteiger partial charge in [0.2, 0.25) is 5.91 Å². The van der Waals surface area contributed by atoms with E-state index in [2.05, 4.69) is 5.48 Å². The van der Waals surface area contributed by atoms with Gasteiger partial charge in [0.1, 0.15) is 6.61 Å². The van der Waals surface area contributed by atoms with Crippen LogP contribution in [-0.4, -0.2) is 44.6 Å². The second-order valence-electron chi connectivity index (χ2n) is 2.45. The van der Waals surface area contributed by atoms with E-state index in [9.17, 15) is 4.79 Å². The number of rotatable bonds is 6. The van der Waals surface area contributed by atoms with E-state index in [0.29, 0.717) is 6.54 Å². The Kier molecular flexibility index (Phi) is 5.73. The van der Waals surface area contributed by atoms with Gasteiger partial charge in [-0.2, -0.15) is 0 Å². The summed E-state index contributed by atoms with van der Waals surface area (Å²) in [5, 5.41) is 0. The molecule has 11 heavy (non-hydrogen) atoms. The first kappa shape index (κ1) is 10.3. The molecule has 66 valence electrons. The lowest BCUT2D eigenvalue weighted by molar-refractivity contribution is -0.125. The Morgan fingerprint density at radius 3 is 2.73 bits per heavy atom. The second kappa shape index (κ2) is 6.09. The van der Waals surface area contributed by atoms with Crippen LogP contribution < -0.4 is 11.2 Å². The molecule has 0 aliphatic carbocycles. The molecule has 5 nitrogen and oxygen atoms in total. The van der Waals surface area contributed by atoms with Gasteiger partial charge in [-0.15, -0.1) is 0 Å². The predicted octanol–water partition coefficient (Wildman–Crippen LogP) is -1.45. The molecule has 0 aromatic carbocycles. The normalized spacial score (nSPS) is 10.5. The summed E-state index contributed by atoms with van der Waals surface area (Å²) >= 11 is 0. The molecule has 0 saturated carbocycles. The summed E-state index contributed by atoms with van der Waals surface area (Å²) in [6.45, 7) is 1.46. The highest BCUT2D eigenvalue weighted by Crippen LogP contribution is 1.71. The van der Waals surface area contributed by atoms with E-state index in [1.807, 2.05) is 19.0 Å². The summed E-state index contributed by atoms with van der Waals surface area (Å²) in [6, 6.07) is 0. The van der Waals surface area contributed by atoms with Gasteiger partial charge in [-0.1, -0.05) is 0 Å². The van der Waals surface area contributed by atoms with Crippen LogP contribution in [0, 0.1) is 0 Å². The van der Waals surface area contributed by atoms with Crippen LogP contribution in [0.5, 0.6) is 0 Å². The van der Waals surface area contributed by atoms with Crippen LogP contribution in [-0.2, 0) is 9.63 Å². The van der Waals surface area contributed by atoms with Crippen molar-refractivity contribution in [3.8, 4) is 0 Å². The summed E-state index contributed by atoms with van der Waals surface area (Å²) in [6.07, 6.45) is 0. The molecule has 0 saturated heterocycles. The van der Waals surface area contributed by atoms with Gasteiger partial charge >= 0.3 is 0 Å². The Morgan fingerprint density at radius 2 is 2.27 bits per heavy atom. The zero-order chi connectivity index (χ0) is 8.69. The Morgan fingerprint density at radius 1 is 1.64 bits per heavy atom. The molecular formula is C6H15N3O2. The monoisotopic (exact) mass is 161 g/mol. The van der Waals surface area contributed by atoms with Crippen LogP contribution in [0.2, 0.25) is 0 Å². The quantitative estimate of drug-likeness (QED) is 0.369. The lowest BCUT2D eigenvalue weighted by Crippen LogP contribution is -2.30. The number of carbonyl (C=O) groups excluding carboxylic acids is 1. The number of primary amides is 1. The minimum absolute atomic E-state index is 0.0760. The van der Waals surface area contributed by atoms with Crippen molar-refractivity contribution in [3.05, 3.63) is 0 Å². The summed E-state index contributed by atoms with van der Waals surface area (Å²) in [7, 11) is 3.91. The van der Waals surface area contributed by atoms with Crippen molar-refractivity contribution >= 4 is 5.91 Å². The zero-order valence-electron chi connectivity index (χ0n) is 6.96. The second-order valence-corrected chi connectivity index (χ2v) is 2.45. The summed E-state index contributed by atoms with van der Waals surface area (Å²) < 4.78 is 0. The van der Waals surface area contributed by atoms with E-state index in [1.165, 1.54) is 0 Å². The predicted molar refractivity (Wildman–Crippen MR) is 41.7 cm³/mol. The third-order valence-electron chi connectivity index (χ3n) is 0.978. The molecule has 3 N–H and O–H groups in total. The number of nitrogens with zero attached hydrogens (tertiary/aromatic N) is 1. The van der Waals surface area contributed by atoms with Gasteiger partial charge in [0.25, 0.3) is 0 Å². The highest BCUT2D eigenvalue weighted by atomic mass is 16.6. The fraction of sp³-hybridized carbons (Fsp3) is 0.833. The summed E-state index contributed by atoms with van der Waals surface area (Å²) in [5.41, 5.74) is 7.43. The number of nitrogens with two attached hydrogens (primary N) is 1. The number of hydrogen-bond donors (Lipinski definition) is 2. The lowest BCUT2D eigenvalue weighted by atomic mass is 10.6. The minimum Gasteiger partial charge on any atom is -0.368 e. The van der Waals surface area contributed by atoms with Gasteiger partial charge in [-0.25, -0.2) is 5.48 Å². The van der Waals surface area contributed by atoms with Crippen molar-refractivity contribution in [2.75, 3.05) is 33.8 Å². The smallest absolute Gasteiger partial charge is 0.245 e. The Hall–Kier alpha value is -0.650. The minimum atomic E-state index is -0.470. The third kappa shape index (κ3) is 9.35. The summed E-state index contributed by atoms with van der Waals surface area (Å²) in [4.78, 5) is 16.8. The SMILES string of the molecule is CN(C)CCNOCC(N)=O. The molecule has 0 spiro atoms. The molecule has 0 bridgehead atoms. The van der Waals surface area contributed by atoms with Gasteiger partial charge in [0.05, 0.1) is 0 Å². The van der Waals surface area contributed by atoms with Crippen molar-refractivity contribution in [2.45, 2.75) is 0 Å².